The second-order valence-corrected chi connectivity index (χ2v) is 6.79. The van der Waals surface area contributed by atoms with Crippen molar-refractivity contribution in [2.24, 2.45) is 0 Å². The lowest BCUT2D eigenvalue weighted by molar-refractivity contribution is -0.00445. The minimum absolute atomic E-state index is 0.557. The van der Waals surface area contributed by atoms with Gasteiger partial charge in [0.05, 0.1) is 18.8 Å². The highest BCUT2D eigenvalue weighted by Crippen LogP contribution is 2.34. The summed E-state index contributed by atoms with van der Waals surface area (Å²) in [5.74, 6) is 0. The average Bonchev–Trinajstić information content (AvgIpc) is 2.62. The number of nitrogens with zero attached hydrogens (tertiary/aromatic N) is 1. The molecular formula is C20H24ClNO2. The fourth-order valence-corrected chi connectivity index (χ4v) is 3.57. The summed E-state index contributed by atoms with van der Waals surface area (Å²) < 4.78 is 5.41. The van der Waals surface area contributed by atoms with Crippen LogP contribution in [-0.4, -0.2) is 42.9 Å². The number of aliphatic hydroxyl groups is 1. The third-order valence-electron chi connectivity index (χ3n) is 4.66. The van der Waals surface area contributed by atoms with E-state index in [1.165, 1.54) is 0 Å². The molecule has 0 saturated carbocycles. The lowest BCUT2D eigenvalue weighted by atomic mass is 9.84. The fourth-order valence-electron chi connectivity index (χ4n) is 3.26. The lowest BCUT2D eigenvalue weighted by Crippen LogP contribution is -2.40. The average molecular weight is 346 g/mol. The van der Waals surface area contributed by atoms with Gasteiger partial charge in [-0.3, -0.25) is 4.90 Å². The van der Waals surface area contributed by atoms with Crippen molar-refractivity contribution < 1.29 is 9.84 Å². The van der Waals surface area contributed by atoms with Crippen LogP contribution >= 0.6 is 11.6 Å². The smallest absolute Gasteiger partial charge is 0.0963 e. The Hall–Kier alpha value is -1.39. The fraction of sp³-hybridized carbons (Fsp3) is 0.400. The molecule has 1 aliphatic rings. The Bertz CT molecular complexity index is 643. The summed E-state index contributed by atoms with van der Waals surface area (Å²) in [6.07, 6.45) is 1.20. The van der Waals surface area contributed by atoms with Crippen molar-refractivity contribution in [3.8, 4) is 0 Å². The molecule has 1 atom stereocenters. The van der Waals surface area contributed by atoms with Crippen molar-refractivity contribution >= 4 is 11.6 Å². The van der Waals surface area contributed by atoms with E-state index in [2.05, 4.69) is 17.0 Å². The number of rotatable bonds is 6. The largest absolute Gasteiger partial charge is 0.385 e. The summed E-state index contributed by atoms with van der Waals surface area (Å²) >= 11 is 6.40. The number of hydrogen-bond donors (Lipinski definition) is 1. The van der Waals surface area contributed by atoms with Crippen LogP contribution in [-0.2, 0) is 16.8 Å². The molecular weight excluding hydrogens is 322 g/mol. The number of ether oxygens (including phenoxy) is 1. The first-order valence-electron chi connectivity index (χ1n) is 8.49. The second kappa shape index (κ2) is 8.13. The van der Waals surface area contributed by atoms with Crippen LogP contribution in [0.15, 0.2) is 54.6 Å². The molecule has 0 radical (unpaired) electrons. The number of halogens is 1. The van der Waals surface area contributed by atoms with Crippen molar-refractivity contribution in [1.82, 2.24) is 4.90 Å². The van der Waals surface area contributed by atoms with E-state index in [1.807, 2.05) is 42.5 Å². The molecule has 0 aromatic heterocycles. The van der Waals surface area contributed by atoms with Crippen LogP contribution < -0.4 is 0 Å². The zero-order valence-electron chi connectivity index (χ0n) is 13.8. The molecule has 128 valence electrons. The molecule has 1 heterocycles. The predicted molar refractivity (Wildman–Crippen MR) is 97.4 cm³/mol. The Morgan fingerprint density at radius 2 is 1.67 bits per heavy atom. The molecule has 1 saturated heterocycles. The SMILES string of the molecule is OC(CCN1CCOCC1)(Cc1ccccc1)c1ccccc1Cl. The number of morpholine rings is 1. The van der Waals surface area contributed by atoms with Crippen molar-refractivity contribution in [2.45, 2.75) is 18.4 Å². The Kier molecular flexibility index (Phi) is 5.90. The van der Waals surface area contributed by atoms with Crippen LogP contribution in [0.3, 0.4) is 0 Å². The van der Waals surface area contributed by atoms with Crippen molar-refractivity contribution in [3.63, 3.8) is 0 Å². The standard InChI is InChI=1S/C20H24ClNO2/c21-19-9-5-4-8-18(19)20(23,16-17-6-2-1-3-7-17)10-11-22-12-14-24-15-13-22/h1-9,23H,10-16H2. The van der Waals surface area contributed by atoms with Gasteiger partial charge in [-0.05, 0) is 18.1 Å². The summed E-state index contributed by atoms with van der Waals surface area (Å²) in [4.78, 5) is 2.34. The van der Waals surface area contributed by atoms with E-state index < -0.39 is 5.60 Å². The Morgan fingerprint density at radius 3 is 2.38 bits per heavy atom. The molecule has 1 N–H and O–H groups in total. The zero-order chi connectivity index (χ0) is 16.8. The van der Waals surface area contributed by atoms with Gasteiger partial charge in [0, 0.05) is 36.6 Å². The van der Waals surface area contributed by atoms with Gasteiger partial charge in [0.1, 0.15) is 0 Å². The quantitative estimate of drug-likeness (QED) is 0.869. The monoisotopic (exact) mass is 345 g/mol. The molecule has 1 fully saturated rings. The van der Waals surface area contributed by atoms with Gasteiger partial charge in [-0.1, -0.05) is 60.1 Å². The van der Waals surface area contributed by atoms with Gasteiger partial charge in [0.2, 0.25) is 0 Å². The maximum absolute atomic E-state index is 11.5. The highest BCUT2D eigenvalue weighted by atomic mass is 35.5. The molecule has 1 aliphatic heterocycles. The topological polar surface area (TPSA) is 32.7 Å². The molecule has 0 bridgehead atoms. The third kappa shape index (κ3) is 4.37. The van der Waals surface area contributed by atoms with Crippen LogP contribution in [0.4, 0.5) is 0 Å². The molecule has 0 aliphatic carbocycles. The lowest BCUT2D eigenvalue weighted by Gasteiger charge is -2.34. The van der Waals surface area contributed by atoms with Crippen LogP contribution in [0.2, 0.25) is 5.02 Å². The second-order valence-electron chi connectivity index (χ2n) is 6.38. The van der Waals surface area contributed by atoms with E-state index in [4.69, 9.17) is 16.3 Å². The van der Waals surface area contributed by atoms with Crippen molar-refractivity contribution in [1.29, 1.82) is 0 Å². The molecule has 24 heavy (non-hydrogen) atoms. The molecule has 3 nitrogen and oxygen atoms in total. The summed E-state index contributed by atoms with van der Waals surface area (Å²) in [5.41, 5.74) is 0.948. The molecule has 1 unspecified atom stereocenters. The highest BCUT2D eigenvalue weighted by Gasteiger charge is 2.32. The normalized spacial score (nSPS) is 18.2. The molecule has 3 rings (SSSR count). The minimum atomic E-state index is -0.974. The summed E-state index contributed by atoms with van der Waals surface area (Å²) in [6, 6.07) is 17.7. The first-order valence-corrected chi connectivity index (χ1v) is 8.87. The number of hydrogen-bond acceptors (Lipinski definition) is 3. The molecule has 0 spiro atoms. The van der Waals surface area contributed by atoms with Crippen LogP contribution in [0.25, 0.3) is 0 Å². The first kappa shape index (κ1) is 17.4. The first-order chi connectivity index (χ1) is 11.7. The van der Waals surface area contributed by atoms with Crippen LogP contribution in [0.5, 0.6) is 0 Å². The van der Waals surface area contributed by atoms with Gasteiger partial charge in [0.25, 0.3) is 0 Å². The van der Waals surface area contributed by atoms with Gasteiger partial charge < -0.3 is 9.84 Å². The zero-order valence-corrected chi connectivity index (χ0v) is 14.6. The third-order valence-corrected chi connectivity index (χ3v) is 4.99. The summed E-state index contributed by atoms with van der Waals surface area (Å²) in [6.45, 7) is 4.21. The maximum Gasteiger partial charge on any atom is 0.0963 e. The van der Waals surface area contributed by atoms with Gasteiger partial charge in [-0.25, -0.2) is 0 Å². The maximum atomic E-state index is 11.5. The van der Waals surface area contributed by atoms with Crippen LogP contribution in [0.1, 0.15) is 17.5 Å². The number of benzene rings is 2. The van der Waals surface area contributed by atoms with Crippen LogP contribution in [0, 0.1) is 0 Å². The van der Waals surface area contributed by atoms with Gasteiger partial charge in [-0.2, -0.15) is 0 Å². The van der Waals surface area contributed by atoms with E-state index >= 15 is 0 Å². The van der Waals surface area contributed by atoms with Crippen molar-refractivity contribution in [2.75, 3.05) is 32.8 Å². The highest BCUT2D eigenvalue weighted by molar-refractivity contribution is 6.31. The molecule has 0 amide bonds. The predicted octanol–water partition coefficient (Wildman–Crippen LogP) is 3.49. The molecule has 4 heteroatoms. The Morgan fingerprint density at radius 1 is 1.00 bits per heavy atom. The minimum Gasteiger partial charge on any atom is -0.385 e. The van der Waals surface area contributed by atoms with E-state index in [-0.39, 0.29) is 0 Å². The van der Waals surface area contributed by atoms with E-state index in [1.54, 1.807) is 0 Å². The van der Waals surface area contributed by atoms with E-state index in [0.717, 1.165) is 44.0 Å². The molecule has 2 aromatic rings. The summed E-state index contributed by atoms with van der Waals surface area (Å²) in [5, 5.41) is 12.1. The van der Waals surface area contributed by atoms with Gasteiger partial charge >= 0.3 is 0 Å². The Balaban J connectivity index is 1.81. The Labute approximate surface area is 148 Å². The van der Waals surface area contributed by atoms with E-state index in [9.17, 15) is 5.11 Å². The van der Waals surface area contributed by atoms with Gasteiger partial charge in [0.15, 0.2) is 0 Å². The molecule has 2 aromatic carbocycles. The van der Waals surface area contributed by atoms with Gasteiger partial charge in [-0.15, -0.1) is 0 Å². The summed E-state index contributed by atoms with van der Waals surface area (Å²) in [7, 11) is 0. The van der Waals surface area contributed by atoms with Crippen molar-refractivity contribution in [3.05, 3.63) is 70.7 Å². The van der Waals surface area contributed by atoms with E-state index in [0.29, 0.717) is 17.9 Å².